The lowest BCUT2D eigenvalue weighted by molar-refractivity contribution is -0.167. The Kier molecular flexibility index (Phi) is 42.0. The van der Waals surface area contributed by atoms with Crippen molar-refractivity contribution in [2.45, 2.75) is 232 Å². The van der Waals surface area contributed by atoms with Gasteiger partial charge in [0, 0.05) is 19.3 Å². The van der Waals surface area contributed by atoms with E-state index in [0.717, 1.165) is 109 Å². The van der Waals surface area contributed by atoms with Crippen LogP contribution >= 0.6 is 0 Å². The maximum Gasteiger partial charge on any atom is 0.306 e. The van der Waals surface area contributed by atoms with Gasteiger partial charge in [0.2, 0.25) is 0 Å². The predicted molar refractivity (Wildman–Crippen MR) is 233 cm³/mol. The minimum absolute atomic E-state index is 0.0822. The molecule has 0 heterocycles. The molecule has 0 rings (SSSR count). The van der Waals surface area contributed by atoms with Crippen molar-refractivity contribution in [3.63, 3.8) is 0 Å². The van der Waals surface area contributed by atoms with Crippen LogP contribution in [0.25, 0.3) is 0 Å². The van der Waals surface area contributed by atoms with Gasteiger partial charge >= 0.3 is 17.9 Å². The highest BCUT2D eigenvalue weighted by molar-refractivity contribution is 5.71. The standard InChI is InChI=1S/C49H86O6/c1-4-7-10-13-16-19-22-24-26-27-30-33-36-39-42-48(51)54-45-46(44-53-47(50)41-38-35-32-29-21-18-15-12-9-6-3)55-49(52)43-40-37-34-31-28-25-23-20-17-14-11-8-5-2/h11,13-14,16,20,22-24,46H,4-10,12,15,17-19,21,25-45H2,1-3H3/b14-11-,16-13-,23-20-,24-22-. The SMILES string of the molecule is CCC/C=C\C/C=C\CCCCCCCC(=O)OC(COC(=O)CCCCCCC/C=C\C/C=C\CCCC)COC(=O)CCCCCCCCCCCC. The van der Waals surface area contributed by atoms with Crippen LogP contribution in [-0.2, 0) is 28.6 Å². The predicted octanol–water partition coefficient (Wildman–Crippen LogP) is 14.8. The number of carbonyl (C=O) groups excluding carboxylic acids is 3. The second kappa shape index (κ2) is 44.1. The van der Waals surface area contributed by atoms with Gasteiger partial charge in [-0.25, -0.2) is 0 Å². The summed E-state index contributed by atoms with van der Waals surface area (Å²) in [5.74, 6) is -0.913. The van der Waals surface area contributed by atoms with Gasteiger partial charge in [-0.1, -0.05) is 185 Å². The van der Waals surface area contributed by atoms with Crippen LogP contribution in [0.5, 0.6) is 0 Å². The molecule has 0 aromatic carbocycles. The molecule has 0 saturated heterocycles. The smallest absolute Gasteiger partial charge is 0.306 e. The lowest BCUT2D eigenvalue weighted by Gasteiger charge is -2.18. The molecule has 0 spiro atoms. The third-order valence-corrected chi connectivity index (χ3v) is 9.79. The molecule has 0 aromatic heterocycles. The summed E-state index contributed by atoms with van der Waals surface area (Å²) in [6.07, 6.45) is 50.9. The van der Waals surface area contributed by atoms with E-state index in [1.54, 1.807) is 0 Å². The zero-order chi connectivity index (χ0) is 40.1. The lowest BCUT2D eigenvalue weighted by atomic mass is 10.1. The van der Waals surface area contributed by atoms with Crippen LogP contribution in [0.1, 0.15) is 226 Å². The third kappa shape index (κ3) is 42.4. The van der Waals surface area contributed by atoms with Gasteiger partial charge in [-0.05, 0) is 70.6 Å². The van der Waals surface area contributed by atoms with E-state index in [9.17, 15) is 14.4 Å². The number of esters is 3. The summed E-state index contributed by atoms with van der Waals surface area (Å²) in [5, 5.41) is 0. The van der Waals surface area contributed by atoms with Crippen molar-refractivity contribution in [3.8, 4) is 0 Å². The molecule has 6 heteroatoms. The summed E-state index contributed by atoms with van der Waals surface area (Å²) in [7, 11) is 0. The second-order valence-corrected chi connectivity index (χ2v) is 15.3. The molecule has 0 radical (unpaired) electrons. The Morgan fingerprint density at radius 3 is 1.13 bits per heavy atom. The molecule has 0 amide bonds. The first-order valence-corrected chi connectivity index (χ1v) is 23.1. The van der Waals surface area contributed by atoms with Crippen LogP contribution < -0.4 is 0 Å². The zero-order valence-electron chi connectivity index (χ0n) is 36.2. The largest absolute Gasteiger partial charge is 0.462 e. The first-order chi connectivity index (χ1) is 27.0. The van der Waals surface area contributed by atoms with E-state index in [-0.39, 0.29) is 31.1 Å². The van der Waals surface area contributed by atoms with Crippen LogP contribution in [0.15, 0.2) is 48.6 Å². The number of rotatable bonds is 41. The topological polar surface area (TPSA) is 78.9 Å². The van der Waals surface area contributed by atoms with E-state index in [2.05, 4.69) is 69.4 Å². The minimum atomic E-state index is -0.781. The van der Waals surface area contributed by atoms with Gasteiger partial charge in [0.05, 0.1) is 0 Å². The molecule has 0 aliphatic rings. The van der Waals surface area contributed by atoms with Crippen molar-refractivity contribution in [1.29, 1.82) is 0 Å². The summed E-state index contributed by atoms with van der Waals surface area (Å²) >= 11 is 0. The van der Waals surface area contributed by atoms with Crippen LogP contribution in [-0.4, -0.2) is 37.2 Å². The summed E-state index contributed by atoms with van der Waals surface area (Å²) in [6.45, 7) is 6.49. The Morgan fingerprint density at radius 1 is 0.364 bits per heavy atom. The fourth-order valence-corrected chi connectivity index (χ4v) is 6.26. The van der Waals surface area contributed by atoms with Gasteiger partial charge in [0.25, 0.3) is 0 Å². The van der Waals surface area contributed by atoms with Crippen molar-refractivity contribution in [3.05, 3.63) is 48.6 Å². The number of ether oxygens (including phenoxy) is 3. The summed E-state index contributed by atoms with van der Waals surface area (Å²) in [6, 6.07) is 0. The van der Waals surface area contributed by atoms with Gasteiger partial charge in [-0.15, -0.1) is 0 Å². The number of unbranched alkanes of at least 4 members (excludes halogenated alkanes) is 22. The van der Waals surface area contributed by atoms with E-state index in [0.29, 0.717) is 19.3 Å². The van der Waals surface area contributed by atoms with E-state index in [4.69, 9.17) is 14.2 Å². The van der Waals surface area contributed by atoms with Gasteiger partial charge in [0.1, 0.15) is 13.2 Å². The molecular formula is C49H86O6. The Bertz CT molecular complexity index is 980. The van der Waals surface area contributed by atoms with Crippen LogP contribution in [0.4, 0.5) is 0 Å². The second-order valence-electron chi connectivity index (χ2n) is 15.3. The molecule has 0 N–H and O–H groups in total. The fourth-order valence-electron chi connectivity index (χ4n) is 6.26. The van der Waals surface area contributed by atoms with Crippen molar-refractivity contribution >= 4 is 17.9 Å². The van der Waals surface area contributed by atoms with Gasteiger partial charge in [-0.3, -0.25) is 14.4 Å². The van der Waals surface area contributed by atoms with Gasteiger partial charge in [-0.2, -0.15) is 0 Å². The van der Waals surface area contributed by atoms with E-state index < -0.39 is 6.10 Å². The quantitative estimate of drug-likeness (QED) is 0.0267. The molecule has 55 heavy (non-hydrogen) atoms. The van der Waals surface area contributed by atoms with E-state index in [1.807, 2.05) is 0 Å². The summed E-state index contributed by atoms with van der Waals surface area (Å²) < 4.78 is 16.7. The molecule has 318 valence electrons. The Labute approximate surface area is 339 Å². The Balaban J connectivity index is 4.41. The molecule has 0 bridgehead atoms. The van der Waals surface area contributed by atoms with Gasteiger partial charge in [0.15, 0.2) is 6.10 Å². The monoisotopic (exact) mass is 771 g/mol. The summed E-state index contributed by atoms with van der Waals surface area (Å²) in [5.41, 5.74) is 0. The average molecular weight is 771 g/mol. The summed E-state index contributed by atoms with van der Waals surface area (Å²) in [4.78, 5) is 37.7. The molecule has 0 aliphatic carbocycles. The normalized spacial score (nSPS) is 12.4. The minimum Gasteiger partial charge on any atom is -0.462 e. The molecule has 6 nitrogen and oxygen atoms in total. The fraction of sp³-hybridized carbons (Fsp3) is 0.776. The maximum absolute atomic E-state index is 12.7. The van der Waals surface area contributed by atoms with Gasteiger partial charge < -0.3 is 14.2 Å². The van der Waals surface area contributed by atoms with Crippen LogP contribution in [0.3, 0.4) is 0 Å². The van der Waals surface area contributed by atoms with E-state index in [1.165, 1.54) is 77.0 Å². The van der Waals surface area contributed by atoms with Crippen LogP contribution in [0, 0.1) is 0 Å². The molecule has 1 unspecified atom stereocenters. The maximum atomic E-state index is 12.7. The Hall–Kier alpha value is -2.63. The third-order valence-electron chi connectivity index (χ3n) is 9.79. The highest BCUT2D eigenvalue weighted by Gasteiger charge is 2.19. The zero-order valence-corrected chi connectivity index (χ0v) is 36.2. The first-order valence-electron chi connectivity index (χ1n) is 23.1. The van der Waals surface area contributed by atoms with E-state index >= 15 is 0 Å². The number of allylic oxidation sites excluding steroid dienone is 8. The van der Waals surface area contributed by atoms with Crippen LogP contribution in [0.2, 0.25) is 0 Å². The Morgan fingerprint density at radius 2 is 0.709 bits per heavy atom. The van der Waals surface area contributed by atoms with Crippen molar-refractivity contribution in [2.75, 3.05) is 13.2 Å². The molecule has 0 fully saturated rings. The number of hydrogen-bond acceptors (Lipinski definition) is 6. The first kappa shape index (κ1) is 52.4. The molecule has 0 saturated carbocycles. The average Bonchev–Trinajstić information content (AvgIpc) is 3.18. The molecule has 1 atom stereocenters. The van der Waals surface area contributed by atoms with Crippen molar-refractivity contribution < 1.29 is 28.6 Å². The van der Waals surface area contributed by atoms with Crippen molar-refractivity contribution in [1.82, 2.24) is 0 Å². The molecule has 0 aliphatic heterocycles. The highest BCUT2D eigenvalue weighted by atomic mass is 16.6. The lowest BCUT2D eigenvalue weighted by Crippen LogP contribution is -2.30. The number of hydrogen-bond donors (Lipinski definition) is 0. The number of carbonyl (C=O) groups is 3. The molecular weight excluding hydrogens is 685 g/mol. The highest BCUT2D eigenvalue weighted by Crippen LogP contribution is 2.14. The van der Waals surface area contributed by atoms with Crippen molar-refractivity contribution in [2.24, 2.45) is 0 Å². The molecule has 0 aromatic rings.